The van der Waals surface area contributed by atoms with Gasteiger partial charge in [-0.05, 0) is 26.3 Å². The van der Waals surface area contributed by atoms with Gasteiger partial charge in [-0.3, -0.25) is 4.79 Å². The molecular formula is C18H21NO2. The van der Waals surface area contributed by atoms with Crippen molar-refractivity contribution in [2.75, 3.05) is 11.4 Å². The predicted octanol–water partition coefficient (Wildman–Crippen LogP) is 3.56. The summed E-state index contributed by atoms with van der Waals surface area (Å²) in [6, 6.07) is 7.94. The van der Waals surface area contributed by atoms with Crippen molar-refractivity contribution in [2.24, 2.45) is 0 Å². The van der Waals surface area contributed by atoms with E-state index in [1.807, 2.05) is 31.2 Å². The van der Waals surface area contributed by atoms with Crippen molar-refractivity contribution in [3.8, 4) is 0 Å². The number of carbonyl (C=O) groups excluding carboxylic acids is 1. The molecular weight excluding hydrogens is 262 g/mol. The topological polar surface area (TPSA) is 29.5 Å². The van der Waals surface area contributed by atoms with E-state index < -0.39 is 5.60 Å². The molecule has 0 bridgehead atoms. The number of nitrogens with zero attached hydrogens (tertiary/aromatic N) is 1. The third-order valence-electron chi connectivity index (χ3n) is 4.26. The third kappa shape index (κ3) is 2.12. The molecule has 0 unspecified atom stereocenters. The maximum Gasteiger partial charge on any atom is 0.264 e. The Balaban J connectivity index is 2.15. The molecule has 110 valence electrons. The molecule has 1 amide bonds. The van der Waals surface area contributed by atoms with Gasteiger partial charge in [0, 0.05) is 18.5 Å². The number of para-hydroxylation sites is 1. The Morgan fingerprint density at radius 2 is 2.24 bits per heavy atom. The largest absolute Gasteiger partial charge is 0.357 e. The second-order valence-corrected chi connectivity index (χ2v) is 5.94. The van der Waals surface area contributed by atoms with Crippen LogP contribution in [-0.4, -0.2) is 18.6 Å². The molecule has 3 heteroatoms. The lowest BCUT2D eigenvalue weighted by atomic mass is 9.88. The van der Waals surface area contributed by atoms with Gasteiger partial charge in [0.2, 0.25) is 0 Å². The zero-order chi connectivity index (χ0) is 15.0. The number of hydrogen-bond donors (Lipinski definition) is 0. The first-order valence-electron chi connectivity index (χ1n) is 7.44. The summed E-state index contributed by atoms with van der Waals surface area (Å²) >= 11 is 0. The van der Waals surface area contributed by atoms with Gasteiger partial charge in [-0.1, -0.05) is 35.9 Å². The highest BCUT2D eigenvalue weighted by molar-refractivity contribution is 6.07. The van der Waals surface area contributed by atoms with Gasteiger partial charge in [0.25, 0.3) is 5.91 Å². The van der Waals surface area contributed by atoms with Crippen molar-refractivity contribution >= 4 is 11.6 Å². The van der Waals surface area contributed by atoms with Crippen molar-refractivity contribution in [1.29, 1.82) is 0 Å². The second-order valence-electron chi connectivity index (χ2n) is 5.94. The Morgan fingerprint density at radius 3 is 3.00 bits per heavy atom. The van der Waals surface area contributed by atoms with Gasteiger partial charge in [0.05, 0.1) is 11.8 Å². The van der Waals surface area contributed by atoms with Crippen molar-refractivity contribution in [2.45, 2.75) is 38.4 Å². The van der Waals surface area contributed by atoms with Crippen molar-refractivity contribution in [1.82, 2.24) is 0 Å². The number of hydrogen-bond acceptors (Lipinski definition) is 2. The first-order valence-corrected chi connectivity index (χ1v) is 7.44. The number of benzene rings is 1. The van der Waals surface area contributed by atoms with Crippen LogP contribution in [0.4, 0.5) is 5.69 Å². The molecule has 2 aliphatic rings. The Kier molecular flexibility index (Phi) is 3.46. The average molecular weight is 283 g/mol. The van der Waals surface area contributed by atoms with Crippen LogP contribution in [0.15, 0.2) is 48.6 Å². The summed E-state index contributed by atoms with van der Waals surface area (Å²) < 4.78 is 6.27. The van der Waals surface area contributed by atoms with E-state index in [-0.39, 0.29) is 12.0 Å². The highest BCUT2D eigenvalue weighted by Gasteiger charge is 2.52. The van der Waals surface area contributed by atoms with Crippen LogP contribution in [0.3, 0.4) is 0 Å². The number of amides is 1. The Morgan fingerprint density at radius 1 is 1.48 bits per heavy atom. The van der Waals surface area contributed by atoms with Crippen LogP contribution in [0.25, 0.3) is 0 Å². The van der Waals surface area contributed by atoms with E-state index in [2.05, 4.69) is 19.6 Å². The Bertz CT molecular complexity index is 619. The summed E-state index contributed by atoms with van der Waals surface area (Å²) in [6.07, 6.45) is 5.45. The monoisotopic (exact) mass is 283 g/mol. The van der Waals surface area contributed by atoms with E-state index in [9.17, 15) is 4.79 Å². The molecule has 2 heterocycles. The van der Waals surface area contributed by atoms with E-state index in [1.165, 1.54) is 5.57 Å². The van der Waals surface area contributed by atoms with Crippen LogP contribution in [-0.2, 0) is 15.1 Å². The number of anilines is 1. The minimum absolute atomic E-state index is 0.0307. The zero-order valence-electron chi connectivity index (χ0n) is 12.6. The smallest absolute Gasteiger partial charge is 0.264 e. The number of fused-ring (bicyclic) bond motifs is 2. The maximum absolute atomic E-state index is 13.1. The summed E-state index contributed by atoms with van der Waals surface area (Å²) in [5, 5.41) is 0. The SMILES string of the molecule is C=CCN1C(=O)[C@@]2(CC(C)=CC[C@@H](C)O2)c2ccccc21. The maximum atomic E-state index is 13.1. The van der Waals surface area contributed by atoms with Crippen molar-refractivity contribution in [3.63, 3.8) is 0 Å². The van der Waals surface area contributed by atoms with E-state index in [1.54, 1.807) is 11.0 Å². The van der Waals surface area contributed by atoms with Gasteiger partial charge in [0.15, 0.2) is 5.60 Å². The zero-order valence-corrected chi connectivity index (χ0v) is 12.6. The van der Waals surface area contributed by atoms with Crippen LogP contribution in [0.2, 0.25) is 0 Å². The van der Waals surface area contributed by atoms with Gasteiger partial charge >= 0.3 is 0 Å². The molecule has 0 aromatic heterocycles. The number of rotatable bonds is 2. The summed E-state index contributed by atoms with van der Waals surface area (Å²) in [5.74, 6) is 0.0325. The number of carbonyl (C=O) groups is 1. The van der Waals surface area contributed by atoms with Gasteiger partial charge in [-0.15, -0.1) is 6.58 Å². The normalized spacial score (nSPS) is 28.3. The molecule has 0 saturated heterocycles. The third-order valence-corrected chi connectivity index (χ3v) is 4.26. The summed E-state index contributed by atoms with van der Waals surface area (Å²) in [5.41, 5.74) is 2.28. The minimum atomic E-state index is -0.865. The van der Waals surface area contributed by atoms with Gasteiger partial charge in [-0.2, -0.15) is 0 Å². The van der Waals surface area contributed by atoms with Crippen LogP contribution in [0, 0.1) is 0 Å². The fourth-order valence-electron chi connectivity index (χ4n) is 3.35. The first kappa shape index (κ1) is 14.1. The van der Waals surface area contributed by atoms with E-state index >= 15 is 0 Å². The Hall–Kier alpha value is -1.87. The molecule has 0 N–H and O–H groups in total. The molecule has 1 aromatic carbocycles. The van der Waals surface area contributed by atoms with Crippen LogP contribution < -0.4 is 4.90 Å². The second kappa shape index (κ2) is 5.15. The standard InChI is InChI=1S/C18H21NO2/c1-4-11-19-16-8-6-5-7-15(16)18(17(19)20)12-13(2)9-10-14(3)21-18/h4-9,14H,1,10-12H2,2-3H3/t14-,18-/m1/s1. The molecule has 2 atom stereocenters. The van der Waals surface area contributed by atoms with Crippen molar-refractivity contribution in [3.05, 3.63) is 54.1 Å². The molecule has 0 aliphatic carbocycles. The molecule has 0 saturated carbocycles. The first-order chi connectivity index (χ1) is 10.1. The van der Waals surface area contributed by atoms with Crippen LogP contribution in [0.1, 0.15) is 32.3 Å². The van der Waals surface area contributed by atoms with E-state index in [4.69, 9.17) is 4.74 Å². The molecule has 21 heavy (non-hydrogen) atoms. The fourth-order valence-corrected chi connectivity index (χ4v) is 3.35. The lowest BCUT2D eigenvalue weighted by molar-refractivity contribution is -0.150. The molecule has 3 nitrogen and oxygen atoms in total. The molecule has 1 aromatic rings. The van der Waals surface area contributed by atoms with Crippen molar-refractivity contribution < 1.29 is 9.53 Å². The predicted molar refractivity (Wildman–Crippen MR) is 84.2 cm³/mol. The molecule has 2 aliphatic heterocycles. The molecule has 3 rings (SSSR count). The van der Waals surface area contributed by atoms with Gasteiger partial charge < -0.3 is 9.64 Å². The average Bonchev–Trinajstić information content (AvgIpc) is 2.60. The van der Waals surface area contributed by atoms with Gasteiger partial charge in [-0.25, -0.2) is 0 Å². The van der Waals surface area contributed by atoms with Crippen LogP contribution >= 0.6 is 0 Å². The highest BCUT2D eigenvalue weighted by Crippen LogP contribution is 2.48. The quantitative estimate of drug-likeness (QED) is 0.777. The number of ether oxygens (including phenoxy) is 1. The molecule has 0 radical (unpaired) electrons. The van der Waals surface area contributed by atoms with E-state index in [0.29, 0.717) is 13.0 Å². The Labute approximate surface area is 125 Å². The lowest BCUT2D eigenvalue weighted by Crippen LogP contribution is -2.43. The summed E-state index contributed by atoms with van der Waals surface area (Å²) in [7, 11) is 0. The summed E-state index contributed by atoms with van der Waals surface area (Å²) in [4.78, 5) is 14.9. The van der Waals surface area contributed by atoms with E-state index in [0.717, 1.165) is 17.7 Å². The van der Waals surface area contributed by atoms with Gasteiger partial charge in [0.1, 0.15) is 0 Å². The van der Waals surface area contributed by atoms with Crippen LogP contribution in [0.5, 0.6) is 0 Å². The summed E-state index contributed by atoms with van der Waals surface area (Å²) in [6.45, 7) is 8.39. The molecule has 1 spiro atoms. The lowest BCUT2D eigenvalue weighted by Gasteiger charge is -2.30. The highest BCUT2D eigenvalue weighted by atomic mass is 16.5. The minimum Gasteiger partial charge on any atom is -0.357 e. The fraction of sp³-hybridized carbons (Fsp3) is 0.389. The molecule has 0 fully saturated rings.